The third-order valence-corrected chi connectivity index (χ3v) is 10.0. The normalized spacial score (nSPS) is 21.1. The number of aromatic nitrogens is 4. The number of thioether (sulfide) groups is 1. The Hall–Kier alpha value is -2.31. The van der Waals surface area contributed by atoms with E-state index in [9.17, 15) is 13.2 Å². The van der Waals surface area contributed by atoms with E-state index in [1.54, 1.807) is 17.8 Å². The lowest BCUT2D eigenvalue weighted by molar-refractivity contribution is -0.137. The molecule has 0 amide bonds. The molecule has 0 aromatic carbocycles. The summed E-state index contributed by atoms with van der Waals surface area (Å²) in [5.41, 5.74) is 0.129. The molecule has 38 heavy (non-hydrogen) atoms. The Morgan fingerprint density at radius 2 is 1.87 bits per heavy atom. The molecule has 7 nitrogen and oxygen atoms in total. The summed E-state index contributed by atoms with van der Waals surface area (Å²) in [4.78, 5) is 12.4. The Morgan fingerprint density at radius 3 is 2.61 bits per heavy atom. The van der Waals surface area contributed by atoms with Gasteiger partial charge in [0.15, 0.2) is 10.9 Å². The first kappa shape index (κ1) is 24.7. The lowest BCUT2D eigenvalue weighted by Crippen LogP contribution is -2.36. The van der Waals surface area contributed by atoms with Crippen LogP contribution < -0.4 is 10.1 Å². The molecular weight excluding hydrogens is 533 g/mol. The number of likely N-dealkylation sites (tertiary alicyclic amines) is 1. The van der Waals surface area contributed by atoms with Crippen molar-refractivity contribution in [2.75, 3.05) is 30.8 Å². The molecule has 0 atom stereocenters. The number of piperidine rings is 1. The van der Waals surface area contributed by atoms with Crippen molar-refractivity contribution >= 4 is 34.9 Å². The molecule has 1 saturated heterocycles. The largest absolute Gasteiger partial charge is 0.483 e. The number of thiophene rings is 1. The molecule has 3 aromatic rings. The fraction of sp³-hybridized carbons (Fsp3) is 0.577. The van der Waals surface area contributed by atoms with Crippen LogP contribution in [0.5, 0.6) is 5.06 Å². The molecule has 7 rings (SSSR count). The van der Waals surface area contributed by atoms with Gasteiger partial charge in [0.05, 0.1) is 28.1 Å². The van der Waals surface area contributed by atoms with Gasteiger partial charge in [-0.05, 0) is 56.9 Å². The number of alkyl halides is 3. The van der Waals surface area contributed by atoms with Crippen LogP contribution in [-0.4, -0.2) is 56.1 Å². The number of nitrogens with one attached hydrogen (secondary N) is 1. The molecule has 3 fully saturated rings. The van der Waals surface area contributed by atoms with Crippen molar-refractivity contribution in [3.63, 3.8) is 0 Å². The van der Waals surface area contributed by atoms with Crippen LogP contribution in [-0.2, 0) is 6.18 Å². The standard InChI is InChI=1S/C26H29F3N6OS2/c27-26(28,29)19-13-30-25(31-22(19)20-12-21-24(38-20)36-10-1-11-37-21)32-23-18(15-2-3-15)14-35(33-23)17-6-8-34(9-7-17)16-4-5-16/h12-17H,1-11H2,(H,30,31,32,33). The summed E-state index contributed by atoms with van der Waals surface area (Å²) in [7, 11) is 0. The first-order chi connectivity index (χ1) is 18.4. The van der Waals surface area contributed by atoms with Gasteiger partial charge in [0.1, 0.15) is 5.56 Å². The van der Waals surface area contributed by atoms with E-state index in [-0.39, 0.29) is 11.6 Å². The van der Waals surface area contributed by atoms with Crippen LogP contribution in [0.3, 0.4) is 0 Å². The van der Waals surface area contributed by atoms with E-state index in [0.717, 1.165) is 73.6 Å². The molecule has 5 heterocycles. The second-order valence-electron chi connectivity index (χ2n) is 10.6. The summed E-state index contributed by atoms with van der Waals surface area (Å²) in [6.07, 6.45) is 6.31. The maximum absolute atomic E-state index is 14.0. The zero-order chi connectivity index (χ0) is 25.9. The highest BCUT2D eigenvalue weighted by atomic mass is 32.2. The number of nitrogens with zero attached hydrogens (tertiary/aromatic N) is 5. The first-order valence-corrected chi connectivity index (χ1v) is 15.2. The van der Waals surface area contributed by atoms with Gasteiger partial charge in [-0.15, -0.1) is 11.8 Å². The maximum Gasteiger partial charge on any atom is 0.420 e. The van der Waals surface area contributed by atoms with Gasteiger partial charge >= 0.3 is 6.18 Å². The van der Waals surface area contributed by atoms with Crippen molar-refractivity contribution in [3.8, 4) is 15.6 Å². The molecule has 0 unspecified atom stereocenters. The Morgan fingerprint density at radius 1 is 1.05 bits per heavy atom. The summed E-state index contributed by atoms with van der Waals surface area (Å²) < 4.78 is 49.7. The fourth-order valence-electron chi connectivity index (χ4n) is 5.36. The molecule has 2 aliphatic carbocycles. The van der Waals surface area contributed by atoms with E-state index in [0.29, 0.717) is 34.3 Å². The first-order valence-electron chi connectivity index (χ1n) is 13.4. The second kappa shape index (κ2) is 9.71. The van der Waals surface area contributed by atoms with Crippen molar-refractivity contribution in [2.24, 2.45) is 0 Å². The summed E-state index contributed by atoms with van der Waals surface area (Å²) in [5, 5.41) is 8.72. The van der Waals surface area contributed by atoms with E-state index < -0.39 is 11.7 Å². The van der Waals surface area contributed by atoms with Gasteiger partial charge in [-0.1, -0.05) is 11.3 Å². The van der Waals surface area contributed by atoms with E-state index in [1.807, 2.05) is 0 Å². The van der Waals surface area contributed by atoms with Crippen LogP contribution in [0.1, 0.15) is 68.0 Å². The number of hydrogen-bond acceptors (Lipinski definition) is 8. The number of hydrogen-bond donors (Lipinski definition) is 1. The fourth-order valence-corrected chi connectivity index (χ4v) is 7.53. The minimum Gasteiger partial charge on any atom is -0.483 e. The van der Waals surface area contributed by atoms with Gasteiger partial charge in [0.25, 0.3) is 0 Å². The highest BCUT2D eigenvalue weighted by molar-refractivity contribution is 7.99. The van der Waals surface area contributed by atoms with Crippen LogP contribution in [0.25, 0.3) is 10.6 Å². The molecule has 0 bridgehead atoms. The van der Waals surface area contributed by atoms with Crippen molar-refractivity contribution in [3.05, 3.63) is 29.6 Å². The van der Waals surface area contributed by atoms with Gasteiger partial charge < -0.3 is 15.0 Å². The van der Waals surface area contributed by atoms with Gasteiger partial charge in [-0.2, -0.15) is 18.3 Å². The number of rotatable bonds is 6. The Kier molecular flexibility index (Phi) is 6.31. The number of fused-ring (bicyclic) bond motifs is 1. The van der Waals surface area contributed by atoms with Crippen LogP contribution in [0.4, 0.5) is 24.9 Å². The van der Waals surface area contributed by atoms with Crippen LogP contribution in [0.2, 0.25) is 0 Å². The van der Waals surface area contributed by atoms with Crippen molar-refractivity contribution in [1.82, 2.24) is 24.6 Å². The third-order valence-electron chi connectivity index (χ3n) is 7.72. The Balaban J connectivity index is 1.18. The SMILES string of the molecule is FC(F)(F)c1cnc(Nc2nn(C3CCN(C4CC4)CC3)cc2C2CC2)nc1-c1cc2c(s1)OCCCS2. The van der Waals surface area contributed by atoms with E-state index >= 15 is 0 Å². The van der Waals surface area contributed by atoms with E-state index in [1.165, 1.54) is 24.2 Å². The summed E-state index contributed by atoms with van der Waals surface area (Å²) in [6.45, 7) is 2.75. The summed E-state index contributed by atoms with van der Waals surface area (Å²) in [5.74, 6) is 2.08. The second-order valence-corrected chi connectivity index (χ2v) is 12.7. The average Bonchev–Trinajstić information content (AvgIpc) is 3.84. The molecule has 4 aliphatic rings. The molecule has 2 saturated carbocycles. The lowest BCUT2D eigenvalue weighted by atomic mass is 10.1. The van der Waals surface area contributed by atoms with Crippen molar-refractivity contribution < 1.29 is 17.9 Å². The predicted molar refractivity (Wildman–Crippen MR) is 142 cm³/mol. The zero-order valence-electron chi connectivity index (χ0n) is 20.8. The molecule has 0 radical (unpaired) electrons. The number of ether oxygens (including phenoxy) is 1. The Bertz CT molecular complexity index is 1300. The van der Waals surface area contributed by atoms with Gasteiger partial charge in [0.2, 0.25) is 5.95 Å². The predicted octanol–water partition coefficient (Wildman–Crippen LogP) is 6.72. The minimum atomic E-state index is -4.57. The number of anilines is 2. The van der Waals surface area contributed by atoms with Gasteiger partial charge in [0, 0.05) is 42.8 Å². The molecule has 3 aromatic heterocycles. The van der Waals surface area contributed by atoms with Crippen molar-refractivity contribution in [2.45, 2.75) is 74.0 Å². The van der Waals surface area contributed by atoms with Gasteiger partial charge in [-0.3, -0.25) is 4.68 Å². The molecular formula is C26H29F3N6OS2. The molecule has 1 N–H and O–H groups in total. The summed E-state index contributed by atoms with van der Waals surface area (Å²) >= 11 is 2.82. The maximum atomic E-state index is 14.0. The lowest BCUT2D eigenvalue weighted by Gasteiger charge is -2.32. The smallest absolute Gasteiger partial charge is 0.420 e. The average molecular weight is 563 g/mol. The quantitative estimate of drug-likeness (QED) is 0.358. The monoisotopic (exact) mass is 562 g/mol. The van der Waals surface area contributed by atoms with Crippen LogP contribution >= 0.6 is 23.1 Å². The molecule has 2 aliphatic heterocycles. The molecule has 12 heteroatoms. The van der Waals surface area contributed by atoms with E-state index in [4.69, 9.17) is 9.84 Å². The summed E-state index contributed by atoms with van der Waals surface area (Å²) in [6, 6.07) is 2.87. The minimum absolute atomic E-state index is 0.126. The van der Waals surface area contributed by atoms with Crippen LogP contribution in [0.15, 0.2) is 23.4 Å². The highest BCUT2D eigenvalue weighted by Crippen LogP contribution is 2.47. The van der Waals surface area contributed by atoms with Crippen LogP contribution in [0, 0.1) is 0 Å². The zero-order valence-corrected chi connectivity index (χ0v) is 22.5. The van der Waals surface area contributed by atoms with E-state index in [2.05, 4.69) is 31.1 Å². The molecule has 202 valence electrons. The highest BCUT2D eigenvalue weighted by Gasteiger charge is 2.37. The Labute approximate surface area is 227 Å². The van der Waals surface area contributed by atoms with Crippen molar-refractivity contribution in [1.29, 1.82) is 0 Å². The molecule has 0 spiro atoms. The number of halogens is 3. The van der Waals surface area contributed by atoms with Gasteiger partial charge in [-0.25, -0.2) is 9.97 Å². The topological polar surface area (TPSA) is 68.1 Å². The third kappa shape index (κ3) is 5.02.